The molecule has 1 aliphatic rings. The summed E-state index contributed by atoms with van der Waals surface area (Å²) in [6, 6.07) is 6.25. The zero-order valence-corrected chi connectivity index (χ0v) is 13.1. The minimum Gasteiger partial charge on any atom is -0.338 e. The fraction of sp³-hybridized carbons (Fsp3) is 0.462. The van der Waals surface area contributed by atoms with Crippen LogP contribution in [0.25, 0.3) is 0 Å². The highest BCUT2D eigenvalue weighted by molar-refractivity contribution is 9.09. The molecule has 1 aromatic carbocycles. The predicted molar refractivity (Wildman–Crippen MR) is 77.4 cm³/mol. The number of carbonyl (C=O) groups excluding carboxylic acids is 1. The summed E-state index contributed by atoms with van der Waals surface area (Å²) >= 11 is 3.43. The topological polar surface area (TPSA) is 54.5 Å². The van der Waals surface area contributed by atoms with Crippen LogP contribution in [0.1, 0.15) is 16.8 Å². The standard InChI is InChI=1S/C13H16BrNO3S/c1-19(17,18)12-4-2-3-11(7-12)13(16)15-6-5-10(8-14)9-15/h2-4,7,10H,5-6,8-9H2,1H3. The summed E-state index contributed by atoms with van der Waals surface area (Å²) in [5.74, 6) is 0.399. The molecule has 1 aromatic rings. The summed E-state index contributed by atoms with van der Waals surface area (Å²) < 4.78 is 23.0. The van der Waals surface area contributed by atoms with Crippen LogP contribution >= 0.6 is 15.9 Å². The molecule has 0 saturated carbocycles. The first-order chi connectivity index (χ1) is 8.91. The van der Waals surface area contributed by atoms with Crippen molar-refractivity contribution in [1.82, 2.24) is 4.90 Å². The van der Waals surface area contributed by atoms with Gasteiger partial charge in [0.1, 0.15) is 0 Å². The molecule has 1 heterocycles. The summed E-state index contributed by atoms with van der Waals surface area (Å²) in [6.45, 7) is 1.46. The average Bonchev–Trinajstić information content (AvgIpc) is 2.86. The van der Waals surface area contributed by atoms with Crippen LogP contribution in [0.4, 0.5) is 0 Å². The van der Waals surface area contributed by atoms with Crippen molar-refractivity contribution in [2.45, 2.75) is 11.3 Å². The number of carbonyl (C=O) groups is 1. The third kappa shape index (κ3) is 3.36. The van der Waals surface area contributed by atoms with Crippen LogP contribution in [0.2, 0.25) is 0 Å². The van der Waals surface area contributed by atoms with Crippen molar-refractivity contribution in [3.63, 3.8) is 0 Å². The number of nitrogens with zero attached hydrogens (tertiary/aromatic N) is 1. The van der Waals surface area contributed by atoms with Crippen molar-refractivity contribution in [2.75, 3.05) is 24.7 Å². The molecule has 1 atom stereocenters. The van der Waals surface area contributed by atoms with Gasteiger partial charge in [0, 0.05) is 30.2 Å². The second-order valence-electron chi connectivity index (χ2n) is 4.86. The van der Waals surface area contributed by atoms with E-state index in [0.29, 0.717) is 11.5 Å². The first kappa shape index (κ1) is 14.5. The van der Waals surface area contributed by atoms with Gasteiger partial charge in [-0.25, -0.2) is 8.42 Å². The lowest BCUT2D eigenvalue weighted by molar-refractivity contribution is 0.0788. The highest BCUT2D eigenvalue weighted by Gasteiger charge is 2.26. The molecule has 1 saturated heterocycles. The van der Waals surface area contributed by atoms with Gasteiger partial charge < -0.3 is 4.90 Å². The molecule has 1 unspecified atom stereocenters. The number of halogens is 1. The molecule has 0 radical (unpaired) electrons. The molecule has 0 bridgehead atoms. The van der Waals surface area contributed by atoms with Crippen molar-refractivity contribution in [1.29, 1.82) is 0 Å². The maximum absolute atomic E-state index is 12.3. The Morgan fingerprint density at radius 1 is 1.47 bits per heavy atom. The van der Waals surface area contributed by atoms with Crippen molar-refractivity contribution in [3.8, 4) is 0 Å². The number of hydrogen-bond donors (Lipinski definition) is 0. The van der Waals surface area contributed by atoms with Crippen LogP contribution in [0, 0.1) is 5.92 Å². The monoisotopic (exact) mass is 345 g/mol. The maximum Gasteiger partial charge on any atom is 0.253 e. The molecule has 0 N–H and O–H groups in total. The number of hydrogen-bond acceptors (Lipinski definition) is 3. The van der Waals surface area contributed by atoms with Crippen molar-refractivity contribution in [2.24, 2.45) is 5.92 Å². The van der Waals surface area contributed by atoms with Crippen LogP contribution in [0.15, 0.2) is 29.2 Å². The highest BCUT2D eigenvalue weighted by Crippen LogP contribution is 2.21. The number of benzene rings is 1. The van der Waals surface area contributed by atoms with Gasteiger partial charge in [0.2, 0.25) is 0 Å². The zero-order valence-electron chi connectivity index (χ0n) is 10.7. The summed E-state index contributed by atoms with van der Waals surface area (Å²) in [4.78, 5) is 14.3. The molecule has 2 rings (SSSR count). The average molecular weight is 346 g/mol. The summed E-state index contributed by atoms with van der Waals surface area (Å²) in [5.41, 5.74) is 0.443. The quantitative estimate of drug-likeness (QED) is 0.786. The van der Waals surface area contributed by atoms with Crippen LogP contribution in [-0.2, 0) is 9.84 Å². The third-order valence-electron chi connectivity index (χ3n) is 3.30. The van der Waals surface area contributed by atoms with Crippen molar-refractivity contribution in [3.05, 3.63) is 29.8 Å². The minimum atomic E-state index is -3.28. The lowest BCUT2D eigenvalue weighted by Gasteiger charge is -2.16. The van der Waals surface area contributed by atoms with E-state index in [1.807, 2.05) is 0 Å². The van der Waals surface area contributed by atoms with Crippen molar-refractivity contribution >= 4 is 31.7 Å². The predicted octanol–water partition coefficient (Wildman–Crippen LogP) is 1.95. The molecular formula is C13H16BrNO3S. The van der Waals surface area contributed by atoms with Gasteiger partial charge in [0.15, 0.2) is 9.84 Å². The van der Waals surface area contributed by atoms with E-state index in [1.54, 1.807) is 17.0 Å². The van der Waals surface area contributed by atoms with E-state index in [1.165, 1.54) is 12.1 Å². The molecular weight excluding hydrogens is 330 g/mol. The molecule has 0 aromatic heterocycles. The molecule has 0 aliphatic carbocycles. The van der Waals surface area contributed by atoms with Gasteiger partial charge in [-0.15, -0.1) is 0 Å². The van der Waals surface area contributed by atoms with Gasteiger partial charge in [-0.3, -0.25) is 4.79 Å². The molecule has 4 nitrogen and oxygen atoms in total. The minimum absolute atomic E-state index is 0.0889. The van der Waals surface area contributed by atoms with E-state index in [-0.39, 0.29) is 10.8 Å². The van der Waals surface area contributed by atoms with Crippen molar-refractivity contribution < 1.29 is 13.2 Å². The molecule has 1 amide bonds. The van der Waals surface area contributed by atoms with Crippen LogP contribution < -0.4 is 0 Å². The first-order valence-corrected chi connectivity index (χ1v) is 9.08. The number of sulfone groups is 1. The highest BCUT2D eigenvalue weighted by atomic mass is 79.9. The van der Waals surface area contributed by atoms with E-state index in [4.69, 9.17) is 0 Å². The fourth-order valence-electron chi connectivity index (χ4n) is 2.19. The molecule has 1 fully saturated rings. The Balaban J connectivity index is 2.21. The number of alkyl halides is 1. The van der Waals surface area contributed by atoms with Crippen LogP contribution in [0.5, 0.6) is 0 Å². The zero-order chi connectivity index (χ0) is 14.0. The van der Waals surface area contributed by atoms with E-state index in [0.717, 1.165) is 31.1 Å². The second kappa shape index (κ2) is 5.63. The Bertz CT molecular complexity index is 585. The third-order valence-corrected chi connectivity index (χ3v) is 5.33. The smallest absolute Gasteiger partial charge is 0.253 e. The SMILES string of the molecule is CS(=O)(=O)c1cccc(C(=O)N2CCC(CBr)C2)c1. The summed E-state index contributed by atoms with van der Waals surface area (Å²) in [6.07, 6.45) is 2.13. The van der Waals surface area contributed by atoms with Gasteiger partial charge in [-0.2, -0.15) is 0 Å². The van der Waals surface area contributed by atoms with E-state index in [2.05, 4.69) is 15.9 Å². The van der Waals surface area contributed by atoms with E-state index >= 15 is 0 Å². The van der Waals surface area contributed by atoms with Gasteiger partial charge in [0.05, 0.1) is 4.90 Å². The summed E-state index contributed by atoms with van der Waals surface area (Å²) in [7, 11) is -3.28. The van der Waals surface area contributed by atoms with Crippen LogP contribution in [0.3, 0.4) is 0 Å². The molecule has 19 heavy (non-hydrogen) atoms. The maximum atomic E-state index is 12.3. The lowest BCUT2D eigenvalue weighted by atomic mass is 10.2. The Hall–Kier alpha value is -0.880. The Kier molecular flexibility index (Phi) is 4.30. The normalized spacial score (nSPS) is 19.7. The van der Waals surface area contributed by atoms with Gasteiger partial charge in [0.25, 0.3) is 5.91 Å². The van der Waals surface area contributed by atoms with E-state index < -0.39 is 9.84 Å². The molecule has 0 spiro atoms. The second-order valence-corrected chi connectivity index (χ2v) is 7.52. The number of rotatable bonds is 3. The largest absolute Gasteiger partial charge is 0.338 e. The Morgan fingerprint density at radius 2 is 2.21 bits per heavy atom. The van der Waals surface area contributed by atoms with E-state index in [9.17, 15) is 13.2 Å². The fourth-order valence-corrected chi connectivity index (χ4v) is 3.38. The lowest BCUT2D eigenvalue weighted by Crippen LogP contribution is -2.29. The first-order valence-electron chi connectivity index (χ1n) is 6.07. The van der Waals surface area contributed by atoms with Crippen LogP contribution in [-0.4, -0.2) is 43.9 Å². The van der Waals surface area contributed by atoms with Gasteiger partial charge in [-0.05, 0) is 30.5 Å². The Morgan fingerprint density at radius 3 is 2.79 bits per heavy atom. The summed E-state index contributed by atoms with van der Waals surface area (Å²) in [5, 5.41) is 0.889. The molecule has 6 heteroatoms. The number of likely N-dealkylation sites (tertiary alicyclic amines) is 1. The number of amides is 1. The molecule has 1 aliphatic heterocycles. The van der Waals surface area contributed by atoms with Gasteiger partial charge in [-0.1, -0.05) is 22.0 Å². The molecule has 104 valence electrons. The Labute approximate surface area is 121 Å². The van der Waals surface area contributed by atoms with Gasteiger partial charge >= 0.3 is 0 Å².